The number of aliphatic carboxylic acids is 1. The zero-order valence-corrected chi connectivity index (χ0v) is 12.9. The predicted molar refractivity (Wildman–Crippen MR) is 88.5 cm³/mol. The van der Waals surface area contributed by atoms with Crippen molar-refractivity contribution in [3.8, 4) is 0 Å². The van der Waals surface area contributed by atoms with Gasteiger partial charge in [-0.05, 0) is 16.8 Å². The van der Waals surface area contributed by atoms with Crippen molar-refractivity contribution in [1.82, 2.24) is 10.3 Å². The van der Waals surface area contributed by atoms with Crippen molar-refractivity contribution in [1.29, 1.82) is 0 Å². The van der Waals surface area contributed by atoms with E-state index in [9.17, 15) is 9.59 Å². The number of benzene rings is 1. The van der Waals surface area contributed by atoms with Crippen LogP contribution in [-0.4, -0.2) is 22.0 Å². The van der Waals surface area contributed by atoms with Gasteiger partial charge in [-0.1, -0.05) is 30.3 Å². The fourth-order valence-electron chi connectivity index (χ4n) is 2.42. The smallest absolute Gasteiger partial charge is 0.305 e. The van der Waals surface area contributed by atoms with E-state index >= 15 is 0 Å². The monoisotopic (exact) mass is 326 g/mol. The molecule has 0 radical (unpaired) electrons. The molecule has 0 fully saturated rings. The third-order valence-electron chi connectivity index (χ3n) is 3.48. The molecule has 1 amide bonds. The Morgan fingerprint density at radius 3 is 2.74 bits per heavy atom. The Kier molecular flexibility index (Phi) is 4.34. The van der Waals surface area contributed by atoms with Crippen LogP contribution in [-0.2, 0) is 4.79 Å². The number of fused-ring (bicyclic) bond motifs is 1. The van der Waals surface area contributed by atoms with Gasteiger partial charge in [0.15, 0.2) is 0 Å². The molecule has 0 aliphatic heterocycles. The van der Waals surface area contributed by atoms with Crippen molar-refractivity contribution in [2.45, 2.75) is 12.5 Å². The number of aromatic nitrogens is 1. The lowest BCUT2D eigenvalue weighted by atomic mass is 10.1. The van der Waals surface area contributed by atoms with Crippen LogP contribution in [0.4, 0.5) is 0 Å². The van der Waals surface area contributed by atoms with Gasteiger partial charge in [-0.2, -0.15) is 0 Å². The molecule has 0 bridgehead atoms. The number of carboxylic acid groups (broad SMARTS) is 1. The topological polar surface area (TPSA) is 79.3 Å². The molecule has 23 heavy (non-hydrogen) atoms. The second-order valence-corrected chi connectivity index (χ2v) is 6.03. The van der Waals surface area contributed by atoms with Crippen molar-refractivity contribution < 1.29 is 14.7 Å². The molecule has 0 aliphatic carbocycles. The number of hydrogen-bond acceptors (Lipinski definition) is 4. The first-order valence-electron chi connectivity index (χ1n) is 7.04. The Morgan fingerprint density at radius 1 is 1.17 bits per heavy atom. The highest BCUT2D eigenvalue weighted by Crippen LogP contribution is 2.24. The number of thiophene rings is 1. The molecule has 3 aromatic rings. The minimum atomic E-state index is -0.959. The predicted octanol–water partition coefficient (Wildman–Crippen LogP) is 3.24. The van der Waals surface area contributed by atoms with Crippen LogP contribution in [0.15, 0.2) is 54.2 Å². The number of carbonyl (C=O) groups excluding carboxylic acids is 1. The van der Waals surface area contributed by atoms with Crippen molar-refractivity contribution in [2.75, 3.05) is 0 Å². The summed E-state index contributed by atoms with van der Waals surface area (Å²) in [5.41, 5.74) is 0.440. The van der Waals surface area contributed by atoms with Crippen LogP contribution >= 0.6 is 11.3 Å². The quantitative estimate of drug-likeness (QED) is 0.754. The van der Waals surface area contributed by atoms with Crippen LogP contribution in [0.5, 0.6) is 0 Å². The average Bonchev–Trinajstić information content (AvgIpc) is 3.07. The van der Waals surface area contributed by atoms with E-state index in [0.717, 1.165) is 15.6 Å². The van der Waals surface area contributed by atoms with Crippen LogP contribution in [0, 0.1) is 0 Å². The zero-order valence-electron chi connectivity index (χ0n) is 12.1. The summed E-state index contributed by atoms with van der Waals surface area (Å²) in [6, 6.07) is 10.6. The van der Waals surface area contributed by atoms with Gasteiger partial charge in [-0.3, -0.25) is 14.6 Å². The fraction of sp³-hybridized carbons (Fsp3) is 0.118. The SMILES string of the molecule is O=C(O)C[C@@H](NC(=O)c1cncc2ccccc12)c1cccs1. The molecule has 1 atom stereocenters. The Hall–Kier alpha value is -2.73. The normalized spacial score (nSPS) is 12.0. The molecule has 0 spiro atoms. The lowest BCUT2D eigenvalue weighted by Crippen LogP contribution is -2.30. The molecule has 3 rings (SSSR count). The summed E-state index contributed by atoms with van der Waals surface area (Å²) < 4.78 is 0. The van der Waals surface area contributed by atoms with E-state index < -0.39 is 12.0 Å². The number of hydrogen-bond donors (Lipinski definition) is 2. The van der Waals surface area contributed by atoms with E-state index in [1.807, 2.05) is 41.8 Å². The highest BCUT2D eigenvalue weighted by molar-refractivity contribution is 7.10. The molecular formula is C17H14N2O3S. The van der Waals surface area contributed by atoms with Gasteiger partial charge in [-0.15, -0.1) is 11.3 Å². The van der Waals surface area contributed by atoms with Crippen LogP contribution in [0.25, 0.3) is 10.8 Å². The Balaban J connectivity index is 1.90. The molecule has 0 saturated carbocycles. The largest absolute Gasteiger partial charge is 0.481 e. The first kappa shape index (κ1) is 15.2. The number of nitrogens with zero attached hydrogens (tertiary/aromatic N) is 1. The molecule has 1 aromatic carbocycles. The van der Waals surface area contributed by atoms with E-state index in [2.05, 4.69) is 10.3 Å². The molecule has 0 aliphatic rings. The zero-order chi connectivity index (χ0) is 16.2. The number of amides is 1. The van der Waals surface area contributed by atoms with Crippen molar-refractivity contribution >= 4 is 34.0 Å². The van der Waals surface area contributed by atoms with Gasteiger partial charge in [0.05, 0.1) is 18.0 Å². The van der Waals surface area contributed by atoms with Gasteiger partial charge >= 0.3 is 5.97 Å². The van der Waals surface area contributed by atoms with E-state index in [1.165, 1.54) is 17.5 Å². The maximum atomic E-state index is 12.6. The molecule has 2 heterocycles. The number of carbonyl (C=O) groups is 2. The summed E-state index contributed by atoms with van der Waals surface area (Å²) in [5.74, 6) is -1.28. The molecule has 2 aromatic heterocycles. The molecular weight excluding hydrogens is 312 g/mol. The molecule has 5 nitrogen and oxygen atoms in total. The number of nitrogens with one attached hydrogen (secondary N) is 1. The van der Waals surface area contributed by atoms with Crippen molar-refractivity contribution in [3.05, 3.63) is 64.6 Å². The molecule has 116 valence electrons. The van der Waals surface area contributed by atoms with Crippen LogP contribution in [0.3, 0.4) is 0 Å². The highest BCUT2D eigenvalue weighted by Gasteiger charge is 2.20. The van der Waals surface area contributed by atoms with E-state index in [4.69, 9.17) is 5.11 Å². The number of pyridine rings is 1. The molecule has 6 heteroatoms. The van der Waals surface area contributed by atoms with Crippen molar-refractivity contribution in [2.24, 2.45) is 0 Å². The average molecular weight is 326 g/mol. The summed E-state index contributed by atoms with van der Waals surface area (Å²) in [5, 5.41) is 15.4. The first-order chi connectivity index (χ1) is 11.1. The maximum Gasteiger partial charge on any atom is 0.305 e. The first-order valence-corrected chi connectivity index (χ1v) is 7.92. The lowest BCUT2D eigenvalue weighted by Gasteiger charge is -2.16. The Labute approximate surface area is 136 Å². The summed E-state index contributed by atoms with van der Waals surface area (Å²) in [6.07, 6.45) is 3.04. The third-order valence-corrected chi connectivity index (χ3v) is 4.47. The van der Waals surface area contributed by atoms with Gasteiger partial charge in [0.25, 0.3) is 5.91 Å². The number of carboxylic acids is 1. The van der Waals surface area contributed by atoms with Gasteiger partial charge in [-0.25, -0.2) is 0 Å². The Morgan fingerprint density at radius 2 is 2.00 bits per heavy atom. The standard InChI is InChI=1S/C17H14N2O3S/c20-16(21)8-14(15-6-3-7-23-15)19-17(22)13-10-18-9-11-4-1-2-5-12(11)13/h1-7,9-10,14H,8H2,(H,19,22)(H,20,21)/t14-/m1/s1. The van der Waals surface area contributed by atoms with Gasteiger partial charge in [0.2, 0.25) is 0 Å². The summed E-state index contributed by atoms with van der Waals surface area (Å²) in [6.45, 7) is 0. The second-order valence-electron chi connectivity index (χ2n) is 5.05. The summed E-state index contributed by atoms with van der Waals surface area (Å²) in [4.78, 5) is 28.6. The van der Waals surface area contributed by atoms with Crippen molar-refractivity contribution in [3.63, 3.8) is 0 Å². The maximum absolute atomic E-state index is 12.6. The number of rotatable bonds is 5. The minimum Gasteiger partial charge on any atom is -0.481 e. The summed E-state index contributed by atoms with van der Waals surface area (Å²) in [7, 11) is 0. The summed E-state index contributed by atoms with van der Waals surface area (Å²) >= 11 is 1.42. The third kappa shape index (κ3) is 3.37. The second kappa shape index (κ2) is 6.58. The van der Waals surface area contributed by atoms with Gasteiger partial charge in [0, 0.05) is 22.7 Å². The fourth-order valence-corrected chi connectivity index (χ4v) is 3.20. The minimum absolute atomic E-state index is 0.162. The Bertz CT molecular complexity index is 841. The highest BCUT2D eigenvalue weighted by atomic mass is 32.1. The lowest BCUT2D eigenvalue weighted by molar-refractivity contribution is -0.137. The molecule has 0 unspecified atom stereocenters. The van der Waals surface area contributed by atoms with Crippen LogP contribution < -0.4 is 5.32 Å². The van der Waals surface area contributed by atoms with E-state index in [1.54, 1.807) is 6.20 Å². The van der Waals surface area contributed by atoms with E-state index in [-0.39, 0.29) is 12.3 Å². The van der Waals surface area contributed by atoms with Gasteiger partial charge < -0.3 is 10.4 Å². The van der Waals surface area contributed by atoms with Gasteiger partial charge in [0.1, 0.15) is 0 Å². The van der Waals surface area contributed by atoms with Crippen LogP contribution in [0.1, 0.15) is 27.7 Å². The molecule has 0 saturated heterocycles. The van der Waals surface area contributed by atoms with Crippen LogP contribution in [0.2, 0.25) is 0 Å². The van der Waals surface area contributed by atoms with E-state index in [0.29, 0.717) is 5.56 Å². The molecule has 2 N–H and O–H groups in total.